The Balaban J connectivity index is 2.07. The fourth-order valence-corrected chi connectivity index (χ4v) is 2.79. The van der Waals surface area contributed by atoms with Crippen LogP contribution in [0.2, 0.25) is 5.02 Å². The monoisotopic (exact) mass is 249 g/mol. The number of nitrogens with zero attached hydrogens (tertiary/aromatic N) is 2. The molecule has 3 rings (SSSR count). The number of fused-ring (bicyclic) bond motifs is 1. The largest absolute Gasteiger partial charge is 0.316 e. The average Bonchev–Trinajstić information content (AvgIpc) is 2.68. The molecule has 0 aliphatic carbocycles. The van der Waals surface area contributed by atoms with Crippen molar-refractivity contribution in [3.63, 3.8) is 0 Å². The minimum Gasteiger partial charge on any atom is -0.316 e. The number of hydrogen-bond acceptors (Lipinski definition) is 2. The van der Waals surface area contributed by atoms with Crippen molar-refractivity contribution in [2.75, 3.05) is 13.1 Å². The Hall–Kier alpha value is -1.06. The Morgan fingerprint density at radius 3 is 3.12 bits per heavy atom. The first-order chi connectivity index (χ1) is 8.25. The van der Waals surface area contributed by atoms with Gasteiger partial charge in [0.1, 0.15) is 5.65 Å². The lowest BCUT2D eigenvalue weighted by Crippen LogP contribution is -2.28. The number of imidazole rings is 1. The Morgan fingerprint density at radius 2 is 2.35 bits per heavy atom. The molecule has 1 unspecified atom stereocenters. The lowest BCUT2D eigenvalue weighted by atomic mass is 9.95. The highest BCUT2D eigenvalue weighted by molar-refractivity contribution is 6.30. The first kappa shape index (κ1) is 11.1. The van der Waals surface area contributed by atoms with Gasteiger partial charge in [-0.1, -0.05) is 11.6 Å². The summed E-state index contributed by atoms with van der Waals surface area (Å²) in [4.78, 5) is 4.74. The van der Waals surface area contributed by atoms with Crippen molar-refractivity contribution in [3.8, 4) is 0 Å². The van der Waals surface area contributed by atoms with Crippen LogP contribution in [-0.4, -0.2) is 22.5 Å². The molecule has 2 aromatic rings. The van der Waals surface area contributed by atoms with Crippen LogP contribution < -0.4 is 5.32 Å². The van der Waals surface area contributed by atoms with Crippen LogP contribution in [0.25, 0.3) is 5.65 Å². The standard InChI is InChI=1S/C13H16ClN3/c1-9-13(10-3-2-6-15-7-10)16-12-5-4-11(14)8-17(9)12/h4-5,8,10,15H,2-3,6-7H2,1H3. The zero-order valence-corrected chi connectivity index (χ0v) is 10.7. The van der Waals surface area contributed by atoms with Gasteiger partial charge >= 0.3 is 0 Å². The van der Waals surface area contributed by atoms with Crippen molar-refractivity contribution in [2.45, 2.75) is 25.7 Å². The van der Waals surface area contributed by atoms with Gasteiger partial charge in [0.25, 0.3) is 0 Å². The van der Waals surface area contributed by atoms with Crippen LogP contribution in [0.15, 0.2) is 18.3 Å². The van der Waals surface area contributed by atoms with Crippen LogP contribution in [0, 0.1) is 6.92 Å². The third-order valence-electron chi connectivity index (χ3n) is 3.54. The highest BCUT2D eigenvalue weighted by Crippen LogP contribution is 2.26. The van der Waals surface area contributed by atoms with E-state index in [0.717, 1.165) is 23.8 Å². The second-order valence-corrected chi connectivity index (χ2v) is 5.14. The van der Waals surface area contributed by atoms with Crippen molar-refractivity contribution < 1.29 is 0 Å². The third-order valence-corrected chi connectivity index (χ3v) is 3.77. The van der Waals surface area contributed by atoms with Gasteiger partial charge in [-0.15, -0.1) is 0 Å². The molecule has 3 nitrogen and oxygen atoms in total. The van der Waals surface area contributed by atoms with Gasteiger partial charge in [-0.25, -0.2) is 4.98 Å². The molecule has 3 heterocycles. The fraction of sp³-hybridized carbons (Fsp3) is 0.462. The minimum atomic E-state index is 0.544. The van der Waals surface area contributed by atoms with Gasteiger partial charge in [-0.2, -0.15) is 0 Å². The molecule has 1 aliphatic rings. The third kappa shape index (κ3) is 1.94. The van der Waals surface area contributed by atoms with E-state index in [9.17, 15) is 0 Å². The van der Waals surface area contributed by atoms with Gasteiger partial charge < -0.3 is 9.72 Å². The molecule has 0 amide bonds. The number of nitrogens with one attached hydrogen (secondary N) is 1. The van der Waals surface area contributed by atoms with E-state index in [-0.39, 0.29) is 0 Å². The van der Waals surface area contributed by atoms with Crippen LogP contribution in [0.3, 0.4) is 0 Å². The van der Waals surface area contributed by atoms with Crippen molar-refractivity contribution in [2.24, 2.45) is 0 Å². The molecule has 1 aliphatic heterocycles. The Kier molecular flexibility index (Phi) is 2.81. The van der Waals surface area contributed by atoms with E-state index in [2.05, 4.69) is 16.6 Å². The van der Waals surface area contributed by atoms with Gasteiger partial charge in [-0.05, 0) is 38.4 Å². The van der Waals surface area contributed by atoms with E-state index in [4.69, 9.17) is 16.6 Å². The summed E-state index contributed by atoms with van der Waals surface area (Å²) in [5.74, 6) is 0.544. The molecule has 2 aromatic heterocycles. The van der Waals surface area contributed by atoms with Gasteiger partial charge in [0.15, 0.2) is 0 Å². The summed E-state index contributed by atoms with van der Waals surface area (Å²) in [6.07, 6.45) is 4.41. The number of piperidine rings is 1. The zero-order chi connectivity index (χ0) is 11.8. The fourth-order valence-electron chi connectivity index (χ4n) is 2.63. The van der Waals surface area contributed by atoms with E-state index >= 15 is 0 Å². The smallest absolute Gasteiger partial charge is 0.137 e. The van der Waals surface area contributed by atoms with E-state index in [1.165, 1.54) is 24.2 Å². The number of halogens is 1. The summed E-state index contributed by atoms with van der Waals surface area (Å²) in [6.45, 7) is 4.30. The van der Waals surface area contributed by atoms with E-state index < -0.39 is 0 Å². The summed E-state index contributed by atoms with van der Waals surface area (Å²) < 4.78 is 2.09. The van der Waals surface area contributed by atoms with Gasteiger partial charge in [0.2, 0.25) is 0 Å². The summed E-state index contributed by atoms with van der Waals surface area (Å²) >= 11 is 6.02. The minimum absolute atomic E-state index is 0.544. The molecule has 0 spiro atoms. The summed E-state index contributed by atoms with van der Waals surface area (Å²) in [5, 5.41) is 4.20. The summed E-state index contributed by atoms with van der Waals surface area (Å²) in [6, 6.07) is 3.88. The van der Waals surface area contributed by atoms with Gasteiger partial charge in [0, 0.05) is 24.4 Å². The van der Waals surface area contributed by atoms with Crippen molar-refractivity contribution >= 4 is 17.2 Å². The summed E-state index contributed by atoms with van der Waals surface area (Å²) in [5.41, 5.74) is 3.43. The van der Waals surface area contributed by atoms with Crippen LogP contribution in [0.5, 0.6) is 0 Å². The molecule has 0 radical (unpaired) electrons. The van der Waals surface area contributed by atoms with Crippen LogP contribution >= 0.6 is 11.6 Å². The highest BCUT2D eigenvalue weighted by Gasteiger charge is 2.20. The first-order valence-corrected chi connectivity index (χ1v) is 6.48. The molecular weight excluding hydrogens is 234 g/mol. The molecule has 1 saturated heterocycles. The normalized spacial score (nSPS) is 20.9. The number of pyridine rings is 1. The van der Waals surface area contributed by atoms with Gasteiger partial charge in [-0.3, -0.25) is 0 Å². The predicted octanol–water partition coefficient (Wildman–Crippen LogP) is 2.76. The SMILES string of the molecule is Cc1c(C2CCCNC2)nc2ccc(Cl)cn12. The van der Waals surface area contributed by atoms with Crippen molar-refractivity contribution in [1.82, 2.24) is 14.7 Å². The van der Waals surface area contributed by atoms with E-state index in [1.807, 2.05) is 18.3 Å². The zero-order valence-electron chi connectivity index (χ0n) is 9.91. The van der Waals surface area contributed by atoms with Gasteiger partial charge in [0.05, 0.1) is 10.7 Å². The van der Waals surface area contributed by atoms with Crippen LogP contribution in [0.1, 0.15) is 30.1 Å². The maximum atomic E-state index is 6.02. The molecule has 0 aromatic carbocycles. The number of rotatable bonds is 1. The Labute approximate surface area is 106 Å². The Morgan fingerprint density at radius 1 is 1.47 bits per heavy atom. The van der Waals surface area contributed by atoms with Crippen LogP contribution in [-0.2, 0) is 0 Å². The molecule has 0 bridgehead atoms. The van der Waals surface area contributed by atoms with E-state index in [0.29, 0.717) is 5.92 Å². The van der Waals surface area contributed by atoms with Crippen LogP contribution in [0.4, 0.5) is 0 Å². The number of aromatic nitrogens is 2. The first-order valence-electron chi connectivity index (χ1n) is 6.10. The van der Waals surface area contributed by atoms with Crippen molar-refractivity contribution in [3.05, 3.63) is 34.7 Å². The highest BCUT2D eigenvalue weighted by atomic mass is 35.5. The Bertz CT molecular complexity index is 541. The molecule has 17 heavy (non-hydrogen) atoms. The van der Waals surface area contributed by atoms with Crippen molar-refractivity contribution in [1.29, 1.82) is 0 Å². The molecule has 1 N–H and O–H groups in total. The van der Waals surface area contributed by atoms with E-state index in [1.54, 1.807) is 0 Å². The molecule has 4 heteroatoms. The molecule has 90 valence electrons. The second-order valence-electron chi connectivity index (χ2n) is 4.70. The number of aryl methyl sites for hydroxylation is 1. The maximum absolute atomic E-state index is 6.02. The second kappa shape index (κ2) is 4.31. The topological polar surface area (TPSA) is 29.3 Å². The predicted molar refractivity (Wildman–Crippen MR) is 69.8 cm³/mol. The molecule has 0 saturated carbocycles. The molecule has 1 atom stereocenters. The quantitative estimate of drug-likeness (QED) is 0.842. The lowest BCUT2D eigenvalue weighted by Gasteiger charge is -2.21. The summed E-state index contributed by atoms with van der Waals surface area (Å²) in [7, 11) is 0. The lowest BCUT2D eigenvalue weighted by molar-refractivity contribution is 0.454. The maximum Gasteiger partial charge on any atom is 0.137 e. The average molecular weight is 250 g/mol. The molecular formula is C13H16ClN3. The number of hydrogen-bond donors (Lipinski definition) is 1. The molecule has 1 fully saturated rings.